The van der Waals surface area contributed by atoms with Gasteiger partial charge in [0.05, 0.1) is 0 Å². The van der Waals surface area contributed by atoms with Crippen molar-refractivity contribution in [2.75, 3.05) is 0 Å². The molecule has 1 rings (SSSR count). The van der Waals surface area contributed by atoms with E-state index in [0.717, 1.165) is 0 Å². The van der Waals surface area contributed by atoms with Gasteiger partial charge < -0.3 is 0 Å². The Hall–Kier alpha value is 0.654. The molecule has 82 valence electrons. The Kier molecular flexibility index (Phi) is 7.16. The van der Waals surface area contributed by atoms with Gasteiger partial charge in [-0.25, -0.2) is 0 Å². The summed E-state index contributed by atoms with van der Waals surface area (Å²) >= 11 is 4.62. The van der Waals surface area contributed by atoms with E-state index in [1.807, 2.05) is 0 Å². The third kappa shape index (κ3) is 5.51. The average molecular weight is 245 g/mol. The topological polar surface area (TPSA) is 0 Å². The predicted molar refractivity (Wildman–Crippen MR) is 76.1 cm³/mol. The minimum atomic E-state index is -0.00363. The Labute approximate surface area is 98.1 Å². The second-order valence-electron chi connectivity index (χ2n) is 4.42. The van der Waals surface area contributed by atoms with Gasteiger partial charge >= 0.3 is 0 Å². The van der Waals surface area contributed by atoms with Gasteiger partial charge in [-0.15, -0.1) is 0 Å². The summed E-state index contributed by atoms with van der Waals surface area (Å²) in [6.45, 7) is 2.26. The van der Waals surface area contributed by atoms with Crippen molar-refractivity contribution in [1.82, 2.24) is 0 Å². The van der Waals surface area contributed by atoms with Crippen molar-refractivity contribution in [3.8, 4) is 0 Å². The Balaban J connectivity index is 2.42. The minimum absolute atomic E-state index is 0.00363. The Morgan fingerprint density at radius 3 is 2.79 bits per heavy atom. The Bertz CT molecular complexity index is 168. The van der Waals surface area contributed by atoms with Crippen LogP contribution in [0.5, 0.6) is 0 Å². The first-order valence-electron chi connectivity index (χ1n) is 6.20. The lowest BCUT2D eigenvalue weighted by atomic mass is 10.2. The molecule has 0 N–H and O–H groups in total. The number of hydrogen-bond donors (Lipinski definition) is 1. The first-order valence-corrected chi connectivity index (χ1v) is 11.8. The molecule has 0 aromatic carbocycles. The summed E-state index contributed by atoms with van der Waals surface area (Å²) in [7, 11) is 0.285. The number of thiol groups is 1. The van der Waals surface area contributed by atoms with Crippen molar-refractivity contribution in [2.24, 2.45) is 0 Å². The highest BCUT2D eigenvalue weighted by Gasteiger charge is 2.05. The van der Waals surface area contributed by atoms with E-state index >= 15 is 0 Å². The van der Waals surface area contributed by atoms with Crippen LogP contribution in [0, 0.1) is 0 Å². The van der Waals surface area contributed by atoms with Crippen molar-refractivity contribution in [2.45, 2.75) is 62.8 Å². The number of rotatable bonds is 2. The van der Waals surface area contributed by atoms with Crippen LogP contribution in [0.4, 0.5) is 0 Å². The zero-order valence-corrected chi connectivity index (χ0v) is 12.8. The molecule has 1 aliphatic heterocycles. The monoisotopic (exact) mass is 244 g/mol. The van der Waals surface area contributed by atoms with Crippen LogP contribution in [-0.4, -0.2) is 27.9 Å². The molecule has 0 radical (unpaired) electrons. The Morgan fingerprint density at radius 1 is 1.29 bits per heavy atom. The summed E-state index contributed by atoms with van der Waals surface area (Å²) in [5, 5.41) is 0.608. The molecule has 14 heavy (non-hydrogen) atoms. The van der Waals surface area contributed by atoms with E-state index in [9.17, 15) is 0 Å². The van der Waals surface area contributed by atoms with Crippen LogP contribution in [0.2, 0.25) is 12.1 Å². The van der Waals surface area contributed by atoms with Gasteiger partial charge in [0.1, 0.15) is 0 Å². The molecule has 0 bridgehead atoms. The van der Waals surface area contributed by atoms with Crippen LogP contribution >= 0.6 is 12.6 Å². The average Bonchev–Trinajstić information content (AvgIpc) is 2.31. The molecule has 0 saturated carbocycles. The molecule has 0 spiro atoms. The zero-order chi connectivity index (χ0) is 10.2. The minimum Gasteiger partial charge on any atom is -0.172 e. The summed E-state index contributed by atoms with van der Waals surface area (Å²) in [6.07, 6.45) is 8.80. The van der Waals surface area contributed by atoms with Crippen molar-refractivity contribution >= 4 is 35.3 Å². The molecule has 0 aromatic rings. The standard InChI is InChI=1S/C11H24SSi2/c1-2-11(12)10-14-9-7-5-3-4-6-8-13-14/h10-12H,2-9,13H2,1H3. The van der Waals surface area contributed by atoms with E-state index in [2.05, 4.69) is 25.2 Å². The van der Waals surface area contributed by atoms with Crippen molar-refractivity contribution in [3.05, 3.63) is 0 Å². The van der Waals surface area contributed by atoms with Gasteiger partial charge in [0.25, 0.3) is 0 Å². The largest absolute Gasteiger partial charge is 0.172 e. The summed E-state index contributed by atoms with van der Waals surface area (Å²) in [6, 6.07) is 3.20. The van der Waals surface area contributed by atoms with Crippen LogP contribution in [0.25, 0.3) is 0 Å². The first-order chi connectivity index (χ1) is 6.83. The fourth-order valence-corrected chi connectivity index (χ4v) is 11.4. The van der Waals surface area contributed by atoms with Gasteiger partial charge in [-0.2, -0.15) is 12.6 Å². The van der Waals surface area contributed by atoms with E-state index in [-0.39, 0.29) is 17.0 Å². The van der Waals surface area contributed by atoms with Gasteiger partial charge in [0.2, 0.25) is 0 Å². The maximum Gasteiger partial charge on any atom is 0.0317 e. The van der Waals surface area contributed by atoms with Gasteiger partial charge in [0.15, 0.2) is 0 Å². The molecule has 1 aliphatic rings. The van der Waals surface area contributed by atoms with Crippen LogP contribution in [0.15, 0.2) is 0 Å². The van der Waals surface area contributed by atoms with Gasteiger partial charge in [-0.1, -0.05) is 50.7 Å². The molecular formula is C11H24SSi2. The maximum atomic E-state index is 4.62. The van der Waals surface area contributed by atoms with Gasteiger partial charge in [-0.05, 0) is 20.4 Å². The summed E-state index contributed by atoms with van der Waals surface area (Å²) in [5.74, 6) is 0. The highest BCUT2D eigenvalue weighted by molar-refractivity contribution is 7.81. The van der Waals surface area contributed by atoms with Crippen molar-refractivity contribution in [1.29, 1.82) is 0 Å². The molecule has 1 atom stereocenters. The molecule has 0 aromatic heterocycles. The lowest BCUT2D eigenvalue weighted by Crippen LogP contribution is -2.19. The predicted octanol–water partition coefficient (Wildman–Crippen LogP) is 2.62. The summed E-state index contributed by atoms with van der Waals surface area (Å²) in [5.41, 5.74) is 2.66. The number of hydrogen-bond acceptors (Lipinski definition) is 1. The summed E-state index contributed by atoms with van der Waals surface area (Å²) in [4.78, 5) is 0. The lowest BCUT2D eigenvalue weighted by molar-refractivity contribution is 0.658. The fourth-order valence-electron chi connectivity index (χ4n) is 2.09. The van der Waals surface area contributed by atoms with E-state index in [0.29, 0.717) is 5.25 Å². The summed E-state index contributed by atoms with van der Waals surface area (Å²) < 4.78 is 0. The zero-order valence-electron chi connectivity index (χ0n) is 9.47. The van der Waals surface area contributed by atoms with Crippen LogP contribution in [-0.2, 0) is 0 Å². The SMILES string of the molecule is CCC(S)C=[Si]1CCCCCCC[SiH2]1. The molecule has 0 aliphatic carbocycles. The molecule has 0 amide bonds. The van der Waals surface area contributed by atoms with Gasteiger partial charge in [0, 0.05) is 14.3 Å². The smallest absolute Gasteiger partial charge is 0.0317 e. The quantitative estimate of drug-likeness (QED) is 0.560. The molecular weight excluding hydrogens is 220 g/mol. The van der Waals surface area contributed by atoms with Crippen molar-refractivity contribution in [3.63, 3.8) is 0 Å². The highest BCUT2D eigenvalue weighted by atomic mass is 32.1. The maximum absolute atomic E-state index is 4.62. The second-order valence-corrected chi connectivity index (χ2v) is 12.7. The third-order valence-corrected chi connectivity index (χ3v) is 12.0. The van der Waals surface area contributed by atoms with E-state index in [1.165, 1.54) is 38.5 Å². The molecule has 1 heterocycles. The van der Waals surface area contributed by atoms with E-state index < -0.39 is 0 Å². The van der Waals surface area contributed by atoms with Crippen LogP contribution < -0.4 is 0 Å². The van der Waals surface area contributed by atoms with Crippen LogP contribution in [0.1, 0.15) is 45.4 Å². The first kappa shape index (κ1) is 12.7. The van der Waals surface area contributed by atoms with E-state index in [4.69, 9.17) is 0 Å². The fraction of sp³-hybridized carbons (Fsp3) is 0.909. The second kappa shape index (κ2) is 7.88. The lowest BCUT2D eigenvalue weighted by Gasteiger charge is -2.07. The molecule has 1 saturated heterocycles. The highest BCUT2D eigenvalue weighted by Crippen LogP contribution is 2.11. The van der Waals surface area contributed by atoms with Crippen LogP contribution in [0.3, 0.4) is 0 Å². The molecule has 3 heteroatoms. The molecule has 0 nitrogen and oxygen atoms in total. The Morgan fingerprint density at radius 2 is 2.00 bits per heavy atom. The van der Waals surface area contributed by atoms with Gasteiger partial charge in [-0.3, -0.25) is 0 Å². The molecule has 1 fully saturated rings. The third-order valence-electron chi connectivity index (χ3n) is 3.09. The van der Waals surface area contributed by atoms with Crippen molar-refractivity contribution < 1.29 is 0 Å². The van der Waals surface area contributed by atoms with E-state index in [1.54, 1.807) is 12.1 Å². The molecule has 1 unspecified atom stereocenters. The normalized spacial score (nSPS) is 26.9.